The Kier molecular flexibility index (Phi) is 5.68. The normalized spacial score (nSPS) is 10.0. The fraction of sp³-hybridized carbons (Fsp3) is 0.235. The molecule has 23 heavy (non-hydrogen) atoms. The number of carbonyl (C=O) groups is 2. The van der Waals surface area contributed by atoms with E-state index >= 15 is 0 Å². The summed E-state index contributed by atoms with van der Waals surface area (Å²) in [5.74, 6) is 0.0435. The predicted molar refractivity (Wildman–Crippen MR) is 87.8 cm³/mol. The number of rotatable bonds is 6. The number of benzene rings is 1. The zero-order valence-electron chi connectivity index (χ0n) is 13.1. The van der Waals surface area contributed by atoms with Crippen LogP contribution in [0.1, 0.15) is 34.3 Å². The van der Waals surface area contributed by atoms with Crippen LogP contribution in [0.15, 0.2) is 42.5 Å². The number of carbonyl (C=O) groups excluding carboxylic acids is 2. The second kappa shape index (κ2) is 7.93. The highest BCUT2D eigenvalue weighted by Crippen LogP contribution is 2.15. The number of nitrogens with one attached hydrogen (secondary N) is 2. The Morgan fingerprint density at radius 2 is 1.70 bits per heavy atom. The minimum absolute atomic E-state index is 0.185. The first kappa shape index (κ1) is 16.5. The average molecular weight is 313 g/mol. The molecule has 0 spiro atoms. The van der Waals surface area contributed by atoms with Gasteiger partial charge in [0.25, 0.3) is 11.8 Å². The molecule has 120 valence electrons. The largest absolute Gasteiger partial charge is 0.497 e. The Labute approximate surface area is 134 Å². The number of pyridine rings is 1. The van der Waals surface area contributed by atoms with Gasteiger partial charge < -0.3 is 15.4 Å². The third-order valence-corrected chi connectivity index (χ3v) is 3.10. The molecule has 2 amide bonds. The number of nitrogens with zero attached hydrogens (tertiary/aromatic N) is 1. The summed E-state index contributed by atoms with van der Waals surface area (Å²) in [5.41, 5.74) is 1.03. The van der Waals surface area contributed by atoms with E-state index in [0.29, 0.717) is 18.0 Å². The predicted octanol–water partition coefficient (Wildman–Crippen LogP) is 2.48. The molecule has 6 nitrogen and oxygen atoms in total. The summed E-state index contributed by atoms with van der Waals surface area (Å²) in [7, 11) is 1.58. The first-order valence-corrected chi connectivity index (χ1v) is 7.34. The molecule has 2 aromatic rings. The van der Waals surface area contributed by atoms with Gasteiger partial charge in [-0.1, -0.05) is 13.0 Å². The third-order valence-electron chi connectivity index (χ3n) is 3.10. The third kappa shape index (κ3) is 4.54. The number of anilines is 1. The molecule has 0 saturated carbocycles. The zero-order valence-corrected chi connectivity index (χ0v) is 13.1. The summed E-state index contributed by atoms with van der Waals surface area (Å²) in [4.78, 5) is 28.2. The van der Waals surface area contributed by atoms with Crippen molar-refractivity contribution in [3.05, 3.63) is 53.9 Å². The Balaban J connectivity index is 2.08. The lowest BCUT2D eigenvalue weighted by Gasteiger charge is -2.07. The fourth-order valence-corrected chi connectivity index (χ4v) is 1.89. The van der Waals surface area contributed by atoms with Gasteiger partial charge in [-0.2, -0.15) is 0 Å². The van der Waals surface area contributed by atoms with Gasteiger partial charge in [-0.3, -0.25) is 9.59 Å². The van der Waals surface area contributed by atoms with Gasteiger partial charge in [0.05, 0.1) is 7.11 Å². The van der Waals surface area contributed by atoms with Crippen LogP contribution in [-0.2, 0) is 0 Å². The molecule has 1 heterocycles. The zero-order chi connectivity index (χ0) is 16.7. The molecule has 0 aliphatic heterocycles. The van der Waals surface area contributed by atoms with Crippen molar-refractivity contribution >= 4 is 17.5 Å². The summed E-state index contributed by atoms with van der Waals surface area (Å²) >= 11 is 0. The number of aromatic nitrogens is 1. The van der Waals surface area contributed by atoms with E-state index in [4.69, 9.17) is 4.74 Å². The molecule has 0 atom stereocenters. The molecular weight excluding hydrogens is 294 g/mol. The lowest BCUT2D eigenvalue weighted by atomic mass is 10.2. The smallest absolute Gasteiger partial charge is 0.274 e. The minimum Gasteiger partial charge on any atom is -0.497 e. The molecule has 0 saturated heterocycles. The van der Waals surface area contributed by atoms with Crippen LogP contribution in [0.5, 0.6) is 5.75 Å². The molecule has 0 aliphatic rings. The first-order chi connectivity index (χ1) is 11.1. The maximum absolute atomic E-state index is 12.2. The van der Waals surface area contributed by atoms with Crippen molar-refractivity contribution in [3.63, 3.8) is 0 Å². The van der Waals surface area contributed by atoms with E-state index in [1.807, 2.05) is 6.92 Å². The second-order valence-electron chi connectivity index (χ2n) is 4.85. The van der Waals surface area contributed by atoms with Crippen LogP contribution in [0, 0.1) is 0 Å². The molecule has 0 aliphatic carbocycles. The van der Waals surface area contributed by atoms with Gasteiger partial charge in [0.15, 0.2) is 0 Å². The Morgan fingerprint density at radius 3 is 2.30 bits per heavy atom. The molecule has 2 rings (SSSR count). The highest BCUT2D eigenvalue weighted by molar-refractivity contribution is 6.03. The van der Waals surface area contributed by atoms with Crippen molar-refractivity contribution in [3.8, 4) is 5.75 Å². The quantitative estimate of drug-likeness (QED) is 0.858. The van der Waals surface area contributed by atoms with Gasteiger partial charge in [-0.15, -0.1) is 0 Å². The molecular formula is C17H19N3O3. The van der Waals surface area contributed by atoms with E-state index < -0.39 is 0 Å². The van der Waals surface area contributed by atoms with E-state index in [9.17, 15) is 9.59 Å². The number of hydrogen-bond acceptors (Lipinski definition) is 4. The van der Waals surface area contributed by atoms with Crippen LogP contribution in [-0.4, -0.2) is 30.5 Å². The molecule has 0 unspecified atom stereocenters. The molecule has 0 bridgehead atoms. The summed E-state index contributed by atoms with van der Waals surface area (Å²) < 4.78 is 5.06. The van der Waals surface area contributed by atoms with Crippen LogP contribution in [0.2, 0.25) is 0 Å². The number of hydrogen-bond donors (Lipinski definition) is 2. The molecule has 1 aromatic carbocycles. The van der Waals surface area contributed by atoms with Crippen molar-refractivity contribution in [2.24, 2.45) is 0 Å². The SMILES string of the molecule is CCCNC(=O)c1cccc(C(=O)Nc2ccc(OC)cc2)n1. The molecule has 0 fully saturated rings. The van der Waals surface area contributed by atoms with Crippen LogP contribution >= 0.6 is 0 Å². The van der Waals surface area contributed by atoms with Crippen LogP contribution in [0.4, 0.5) is 5.69 Å². The van der Waals surface area contributed by atoms with Crippen molar-refractivity contribution in [2.75, 3.05) is 19.0 Å². The Bertz CT molecular complexity index is 684. The monoisotopic (exact) mass is 313 g/mol. The van der Waals surface area contributed by atoms with E-state index in [1.165, 1.54) is 0 Å². The van der Waals surface area contributed by atoms with Crippen molar-refractivity contribution < 1.29 is 14.3 Å². The van der Waals surface area contributed by atoms with Crippen molar-refractivity contribution in [2.45, 2.75) is 13.3 Å². The molecule has 0 radical (unpaired) electrons. The van der Waals surface area contributed by atoms with Gasteiger partial charge in [0, 0.05) is 12.2 Å². The van der Waals surface area contributed by atoms with Crippen molar-refractivity contribution in [1.29, 1.82) is 0 Å². The number of methoxy groups -OCH3 is 1. The second-order valence-corrected chi connectivity index (χ2v) is 4.85. The Morgan fingerprint density at radius 1 is 1.04 bits per heavy atom. The minimum atomic E-state index is -0.375. The van der Waals surface area contributed by atoms with Gasteiger partial charge >= 0.3 is 0 Å². The Hall–Kier alpha value is -2.89. The lowest BCUT2D eigenvalue weighted by Crippen LogP contribution is -2.26. The lowest BCUT2D eigenvalue weighted by molar-refractivity contribution is 0.0948. The fourth-order valence-electron chi connectivity index (χ4n) is 1.89. The van der Waals surface area contributed by atoms with E-state index in [1.54, 1.807) is 49.6 Å². The molecule has 1 aromatic heterocycles. The van der Waals surface area contributed by atoms with Crippen LogP contribution in [0.25, 0.3) is 0 Å². The number of ether oxygens (including phenoxy) is 1. The first-order valence-electron chi connectivity index (χ1n) is 7.34. The highest BCUT2D eigenvalue weighted by Gasteiger charge is 2.12. The van der Waals surface area contributed by atoms with Crippen LogP contribution < -0.4 is 15.4 Å². The van der Waals surface area contributed by atoms with Gasteiger partial charge in [0.1, 0.15) is 17.1 Å². The average Bonchev–Trinajstić information content (AvgIpc) is 2.60. The van der Waals surface area contributed by atoms with E-state index in [0.717, 1.165) is 6.42 Å². The standard InChI is InChI=1S/C17H19N3O3/c1-3-11-18-16(21)14-5-4-6-15(20-14)17(22)19-12-7-9-13(23-2)10-8-12/h4-10H,3,11H2,1-2H3,(H,18,21)(H,19,22). The summed E-state index contributed by atoms with van der Waals surface area (Å²) in [5, 5.41) is 5.46. The van der Waals surface area contributed by atoms with Crippen LogP contribution in [0.3, 0.4) is 0 Å². The summed E-state index contributed by atoms with van der Waals surface area (Å²) in [6.07, 6.45) is 0.837. The highest BCUT2D eigenvalue weighted by atomic mass is 16.5. The maximum atomic E-state index is 12.2. The summed E-state index contributed by atoms with van der Waals surface area (Å²) in [6, 6.07) is 11.7. The van der Waals surface area contributed by atoms with Gasteiger partial charge in [-0.25, -0.2) is 4.98 Å². The molecule has 6 heteroatoms. The van der Waals surface area contributed by atoms with Gasteiger partial charge in [-0.05, 0) is 42.8 Å². The van der Waals surface area contributed by atoms with E-state index in [2.05, 4.69) is 15.6 Å². The number of amides is 2. The van der Waals surface area contributed by atoms with E-state index in [-0.39, 0.29) is 23.2 Å². The topological polar surface area (TPSA) is 80.3 Å². The maximum Gasteiger partial charge on any atom is 0.274 e. The molecule has 2 N–H and O–H groups in total. The van der Waals surface area contributed by atoms with Gasteiger partial charge in [0.2, 0.25) is 0 Å². The van der Waals surface area contributed by atoms with Crippen molar-refractivity contribution in [1.82, 2.24) is 10.3 Å². The summed E-state index contributed by atoms with van der Waals surface area (Å²) in [6.45, 7) is 2.54.